The third-order valence-electron chi connectivity index (χ3n) is 3.32. The maximum absolute atomic E-state index is 12.5. The number of hydrogen-bond acceptors (Lipinski definition) is 3. The van der Waals surface area contributed by atoms with E-state index in [2.05, 4.69) is 30.7 Å². The van der Waals surface area contributed by atoms with Crippen LogP contribution in [0.2, 0.25) is 0 Å². The van der Waals surface area contributed by atoms with Crippen LogP contribution >= 0.6 is 0 Å². The summed E-state index contributed by atoms with van der Waals surface area (Å²) in [7, 11) is 0. The van der Waals surface area contributed by atoms with Gasteiger partial charge in [-0.2, -0.15) is 0 Å². The van der Waals surface area contributed by atoms with E-state index in [1.165, 1.54) is 0 Å². The molecule has 2 heterocycles. The minimum Gasteiger partial charge on any atom is -0.384 e. The standard InChI is InChI=1S/C15H18N2O2/c1-15(2)6-8-17(11-15)14(19)13-5-7-16-10-12(13)4-3-9-18/h5,7,10,18H,6,8-9,11H2,1-2H3. The van der Waals surface area contributed by atoms with Gasteiger partial charge in [0.15, 0.2) is 0 Å². The van der Waals surface area contributed by atoms with Crippen LogP contribution in [0.4, 0.5) is 0 Å². The van der Waals surface area contributed by atoms with Crippen molar-refractivity contribution in [2.24, 2.45) is 5.41 Å². The Morgan fingerprint density at radius 3 is 3.00 bits per heavy atom. The SMILES string of the molecule is CC1(C)CCN(C(=O)c2ccncc2C#CCO)C1. The van der Waals surface area contributed by atoms with Crippen LogP contribution in [0.1, 0.15) is 36.2 Å². The fourth-order valence-electron chi connectivity index (χ4n) is 2.27. The lowest BCUT2D eigenvalue weighted by atomic mass is 9.93. The van der Waals surface area contributed by atoms with E-state index in [1.54, 1.807) is 18.5 Å². The molecule has 0 unspecified atom stereocenters. The maximum Gasteiger partial charge on any atom is 0.255 e. The van der Waals surface area contributed by atoms with Crippen LogP contribution in [0.3, 0.4) is 0 Å². The van der Waals surface area contributed by atoms with E-state index >= 15 is 0 Å². The Bertz CT molecular complexity index is 541. The number of hydrogen-bond donors (Lipinski definition) is 1. The summed E-state index contributed by atoms with van der Waals surface area (Å²) in [4.78, 5) is 18.3. The molecule has 1 fully saturated rings. The number of likely N-dealkylation sites (tertiary alicyclic amines) is 1. The Labute approximate surface area is 113 Å². The topological polar surface area (TPSA) is 53.4 Å². The van der Waals surface area contributed by atoms with Crippen LogP contribution in [0.15, 0.2) is 18.5 Å². The minimum atomic E-state index is -0.223. The van der Waals surface area contributed by atoms with Gasteiger partial charge in [-0.05, 0) is 17.9 Å². The zero-order valence-electron chi connectivity index (χ0n) is 11.3. The smallest absolute Gasteiger partial charge is 0.255 e. The van der Waals surface area contributed by atoms with E-state index in [1.807, 2.05) is 4.90 Å². The van der Waals surface area contributed by atoms with Gasteiger partial charge in [-0.1, -0.05) is 25.7 Å². The molecule has 100 valence electrons. The molecule has 0 atom stereocenters. The molecule has 1 saturated heterocycles. The van der Waals surface area contributed by atoms with Crippen molar-refractivity contribution in [1.82, 2.24) is 9.88 Å². The number of carbonyl (C=O) groups is 1. The number of rotatable bonds is 1. The van der Waals surface area contributed by atoms with Gasteiger partial charge in [-0.15, -0.1) is 0 Å². The third kappa shape index (κ3) is 3.12. The van der Waals surface area contributed by atoms with Gasteiger partial charge in [0.1, 0.15) is 6.61 Å². The normalized spacial score (nSPS) is 16.9. The summed E-state index contributed by atoms with van der Waals surface area (Å²) >= 11 is 0. The molecule has 0 bridgehead atoms. The number of amides is 1. The predicted octanol–water partition coefficient (Wildman–Crippen LogP) is 1.30. The number of nitrogens with zero attached hydrogens (tertiary/aromatic N) is 2. The molecule has 0 radical (unpaired) electrons. The first-order chi connectivity index (χ1) is 9.03. The van der Waals surface area contributed by atoms with E-state index in [0.717, 1.165) is 19.5 Å². The average Bonchev–Trinajstić information content (AvgIpc) is 2.76. The minimum absolute atomic E-state index is 0.00443. The second-order valence-corrected chi connectivity index (χ2v) is 5.52. The first kappa shape index (κ1) is 13.6. The van der Waals surface area contributed by atoms with Crippen molar-refractivity contribution >= 4 is 5.91 Å². The van der Waals surface area contributed by atoms with Crippen LogP contribution in [-0.4, -0.2) is 40.6 Å². The molecule has 1 aromatic heterocycles. The fraction of sp³-hybridized carbons (Fsp3) is 0.467. The Kier molecular flexibility index (Phi) is 3.87. The molecule has 19 heavy (non-hydrogen) atoms. The van der Waals surface area contributed by atoms with Gasteiger partial charge in [0.25, 0.3) is 5.91 Å². The summed E-state index contributed by atoms with van der Waals surface area (Å²) < 4.78 is 0. The maximum atomic E-state index is 12.5. The van der Waals surface area contributed by atoms with E-state index in [-0.39, 0.29) is 17.9 Å². The second-order valence-electron chi connectivity index (χ2n) is 5.52. The summed E-state index contributed by atoms with van der Waals surface area (Å²) in [5, 5.41) is 8.75. The molecule has 1 N–H and O–H groups in total. The number of aliphatic hydroxyl groups is 1. The molecule has 0 spiro atoms. The Balaban J connectivity index is 2.25. The fourth-order valence-corrected chi connectivity index (χ4v) is 2.27. The summed E-state index contributed by atoms with van der Waals surface area (Å²) in [6, 6.07) is 1.69. The summed E-state index contributed by atoms with van der Waals surface area (Å²) in [5.41, 5.74) is 1.32. The Morgan fingerprint density at radius 2 is 2.37 bits per heavy atom. The van der Waals surface area contributed by atoms with Crippen molar-refractivity contribution in [2.75, 3.05) is 19.7 Å². The first-order valence-electron chi connectivity index (χ1n) is 6.36. The molecule has 0 aliphatic carbocycles. The van der Waals surface area contributed by atoms with Crippen molar-refractivity contribution in [3.05, 3.63) is 29.6 Å². The summed E-state index contributed by atoms with van der Waals surface area (Å²) in [5.74, 6) is 5.34. The number of aliphatic hydroxyl groups excluding tert-OH is 1. The van der Waals surface area contributed by atoms with Gasteiger partial charge >= 0.3 is 0 Å². The molecule has 1 amide bonds. The molecule has 2 rings (SSSR count). The Hall–Kier alpha value is -1.86. The highest BCUT2D eigenvalue weighted by molar-refractivity contribution is 5.96. The van der Waals surface area contributed by atoms with Crippen LogP contribution in [-0.2, 0) is 0 Å². The van der Waals surface area contributed by atoms with Gasteiger partial charge in [0.05, 0.1) is 11.1 Å². The van der Waals surface area contributed by atoms with Gasteiger partial charge < -0.3 is 10.0 Å². The molecular formula is C15H18N2O2. The predicted molar refractivity (Wildman–Crippen MR) is 72.5 cm³/mol. The number of carbonyl (C=O) groups excluding carboxylic acids is 1. The zero-order valence-corrected chi connectivity index (χ0v) is 11.3. The van der Waals surface area contributed by atoms with Gasteiger partial charge in [-0.25, -0.2) is 0 Å². The second kappa shape index (κ2) is 5.41. The quantitative estimate of drug-likeness (QED) is 0.772. The summed E-state index contributed by atoms with van der Waals surface area (Å²) in [6.07, 6.45) is 4.18. The van der Waals surface area contributed by atoms with Crippen molar-refractivity contribution < 1.29 is 9.90 Å². The lowest BCUT2D eigenvalue weighted by Crippen LogP contribution is -2.30. The van der Waals surface area contributed by atoms with Crippen LogP contribution in [0.25, 0.3) is 0 Å². The highest BCUT2D eigenvalue weighted by Gasteiger charge is 2.32. The number of aromatic nitrogens is 1. The lowest BCUT2D eigenvalue weighted by molar-refractivity contribution is 0.0778. The largest absolute Gasteiger partial charge is 0.384 e. The van der Waals surface area contributed by atoms with Crippen LogP contribution < -0.4 is 0 Å². The highest BCUT2D eigenvalue weighted by atomic mass is 16.2. The van der Waals surface area contributed by atoms with Crippen molar-refractivity contribution in [2.45, 2.75) is 20.3 Å². The van der Waals surface area contributed by atoms with E-state index < -0.39 is 0 Å². The average molecular weight is 258 g/mol. The molecule has 4 nitrogen and oxygen atoms in total. The Morgan fingerprint density at radius 1 is 1.58 bits per heavy atom. The molecule has 0 saturated carbocycles. The van der Waals surface area contributed by atoms with Crippen molar-refractivity contribution in [1.29, 1.82) is 0 Å². The van der Waals surface area contributed by atoms with Crippen LogP contribution in [0.5, 0.6) is 0 Å². The van der Waals surface area contributed by atoms with Crippen molar-refractivity contribution in [3.8, 4) is 11.8 Å². The first-order valence-corrected chi connectivity index (χ1v) is 6.36. The molecule has 4 heteroatoms. The summed E-state index contributed by atoms with van der Waals surface area (Å²) in [6.45, 7) is 5.65. The van der Waals surface area contributed by atoms with Gasteiger partial charge in [0, 0.05) is 25.5 Å². The van der Waals surface area contributed by atoms with Crippen LogP contribution in [0, 0.1) is 17.3 Å². The zero-order chi connectivity index (χ0) is 13.9. The van der Waals surface area contributed by atoms with Crippen molar-refractivity contribution in [3.63, 3.8) is 0 Å². The molecule has 1 aliphatic rings. The van der Waals surface area contributed by atoms with E-state index in [0.29, 0.717) is 11.1 Å². The molecule has 1 aliphatic heterocycles. The molecule has 0 aromatic carbocycles. The van der Waals surface area contributed by atoms with Gasteiger partial charge in [0.2, 0.25) is 0 Å². The number of pyridine rings is 1. The molecule has 1 aromatic rings. The highest BCUT2D eigenvalue weighted by Crippen LogP contribution is 2.29. The van der Waals surface area contributed by atoms with Gasteiger partial charge in [-0.3, -0.25) is 9.78 Å². The lowest BCUT2D eigenvalue weighted by Gasteiger charge is -2.20. The van der Waals surface area contributed by atoms with E-state index in [9.17, 15) is 4.79 Å². The molecular weight excluding hydrogens is 240 g/mol. The van der Waals surface area contributed by atoms with E-state index in [4.69, 9.17) is 5.11 Å². The monoisotopic (exact) mass is 258 g/mol. The third-order valence-corrected chi connectivity index (χ3v) is 3.32.